The first-order valence-corrected chi connectivity index (χ1v) is 10.4. The molecular weight excluding hydrogens is 276 g/mol. The SMILES string of the molecule is CC.CCC(C)(C)C/C=C\CCC[C@@H](C)[C@@H](C)CCCC(C)C. The van der Waals surface area contributed by atoms with E-state index in [2.05, 4.69) is 60.6 Å². The second-order valence-corrected chi connectivity index (χ2v) is 8.40. The van der Waals surface area contributed by atoms with E-state index < -0.39 is 0 Å². The van der Waals surface area contributed by atoms with Gasteiger partial charge in [0.1, 0.15) is 0 Å². The van der Waals surface area contributed by atoms with Crippen molar-refractivity contribution in [3.05, 3.63) is 12.2 Å². The zero-order chi connectivity index (χ0) is 18.3. The van der Waals surface area contributed by atoms with Gasteiger partial charge in [0, 0.05) is 0 Å². The van der Waals surface area contributed by atoms with Gasteiger partial charge in [-0.25, -0.2) is 0 Å². The van der Waals surface area contributed by atoms with Crippen molar-refractivity contribution < 1.29 is 0 Å². The van der Waals surface area contributed by atoms with Crippen LogP contribution >= 0.6 is 0 Å². The summed E-state index contributed by atoms with van der Waals surface area (Å²) in [5.74, 6) is 2.65. The van der Waals surface area contributed by atoms with Crippen LogP contribution in [0.15, 0.2) is 12.2 Å². The van der Waals surface area contributed by atoms with Gasteiger partial charge in [0.05, 0.1) is 0 Å². The van der Waals surface area contributed by atoms with Gasteiger partial charge >= 0.3 is 0 Å². The van der Waals surface area contributed by atoms with E-state index in [9.17, 15) is 0 Å². The van der Waals surface area contributed by atoms with Crippen LogP contribution in [0.3, 0.4) is 0 Å². The molecule has 0 saturated carbocycles. The van der Waals surface area contributed by atoms with E-state index in [0.29, 0.717) is 5.41 Å². The standard InChI is InChI=1S/C21H42.C2H6/c1-8-21(6,7)17-12-10-9-11-15-19(4)20(5)16-13-14-18(2)3;1-2/h10,12,18-20H,8-9,11,13-17H2,1-7H3;1-2H3/b12-10-;/t19-,20+;/m1./s1. The molecule has 0 nitrogen and oxygen atoms in total. The Bertz CT molecular complexity index is 259. The molecule has 0 heteroatoms. The summed E-state index contributed by atoms with van der Waals surface area (Å²) >= 11 is 0. The van der Waals surface area contributed by atoms with Crippen LogP contribution in [0.1, 0.15) is 114 Å². The highest BCUT2D eigenvalue weighted by Gasteiger charge is 2.13. The summed E-state index contributed by atoms with van der Waals surface area (Å²) < 4.78 is 0. The molecule has 0 aromatic heterocycles. The van der Waals surface area contributed by atoms with Crippen molar-refractivity contribution in [2.45, 2.75) is 114 Å². The first-order valence-electron chi connectivity index (χ1n) is 10.4. The first-order chi connectivity index (χ1) is 10.8. The van der Waals surface area contributed by atoms with Crippen molar-refractivity contribution in [3.63, 3.8) is 0 Å². The molecule has 0 amide bonds. The minimum atomic E-state index is 0.481. The summed E-state index contributed by atoms with van der Waals surface area (Å²) in [6.45, 7) is 20.6. The molecule has 0 heterocycles. The summed E-state index contributed by atoms with van der Waals surface area (Å²) in [6, 6.07) is 0. The molecule has 0 N–H and O–H groups in total. The maximum Gasteiger partial charge on any atom is -0.0299 e. The van der Waals surface area contributed by atoms with Gasteiger partial charge in [0.2, 0.25) is 0 Å². The van der Waals surface area contributed by atoms with Crippen LogP contribution in [0.2, 0.25) is 0 Å². The number of rotatable bonds is 12. The average Bonchev–Trinajstić information content (AvgIpc) is 2.51. The number of hydrogen-bond acceptors (Lipinski definition) is 0. The van der Waals surface area contributed by atoms with E-state index in [4.69, 9.17) is 0 Å². The Kier molecular flexibility index (Phi) is 16.6. The maximum absolute atomic E-state index is 2.45. The van der Waals surface area contributed by atoms with E-state index in [-0.39, 0.29) is 0 Å². The quantitative estimate of drug-likeness (QED) is 0.249. The van der Waals surface area contributed by atoms with Crippen LogP contribution in [0.4, 0.5) is 0 Å². The molecular formula is C23H48. The van der Waals surface area contributed by atoms with Gasteiger partial charge in [-0.3, -0.25) is 0 Å². The number of hydrogen-bond donors (Lipinski definition) is 0. The Morgan fingerprint density at radius 2 is 1.30 bits per heavy atom. The molecule has 2 atom stereocenters. The van der Waals surface area contributed by atoms with Crippen molar-refractivity contribution in [3.8, 4) is 0 Å². The van der Waals surface area contributed by atoms with Crippen LogP contribution in [0.5, 0.6) is 0 Å². The fourth-order valence-electron chi connectivity index (χ4n) is 2.64. The van der Waals surface area contributed by atoms with Gasteiger partial charge in [-0.05, 0) is 42.4 Å². The summed E-state index contributed by atoms with van der Waals surface area (Å²) in [5, 5.41) is 0. The van der Waals surface area contributed by atoms with Gasteiger partial charge in [-0.1, -0.05) is 107 Å². The minimum Gasteiger partial charge on any atom is -0.0885 e. The Balaban J connectivity index is 0. The van der Waals surface area contributed by atoms with Crippen LogP contribution in [-0.2, 0) is 0 Å². The van der Waals surface area contributed by atoms with Crippen molar-refractivity contribution >= 4 is 0 Å². The lowest BCUT2D eigenvalue weighted by Crippen LogP contribution is -2.08. The Labute approximate surface area is 149 Å². The average molecular weight is 325 g/mol. The summed E-state index contributed by atoms with van der Waals surface area (Å²) in [4.78, 5) is 0. The third kappa shape index (κ3) is 16.4. The zero-order valence-corrected chi connectivity index (χ0v) is 18.0. The van der Waals surface area contributed by atoms with Crippen molar-refractivity contribution in [2.75, 3.05) is 0 Å². The number of allylic oxidation sites excluding steroid dienone is 2. The van der Waals surface area contributed by atoms with Crippen LogP contribution in [-0.4, -0.2) is 0 Å². The highest BCUT2D eigenvalue weighted by molar-refractivity contribution is 4.87. The second kappa shape index (κ2) is 15.3. The molecule has 0 aliphatic rings. The Morgan fingerprint density at radius 3 is 1.78 bits per heavy atom. The summed E-state index contributed by atoms with van der Waals surface area (Å²) in [5.41, 5.74) is 0.481. The lowest BCUT2D eigenvalue weighted by atomic mass is 9.85. The number of unbranched alkanes of at least 4 members (excludes halogenated alkanes) is 1. The molecule has 0 bridgehead atoms. The molecule has 0 aromatic rings. The van der Waals surface area contributed by atoms with Gasteiger partial charge in [-0.15, -0.1) is 0 Å². The van der Waals surface area contributed by atoms with E-state index in [0.717, 1.165) is 17.8 Å². The molecule has 0 spiro atoms. The van der Waals surface area contributed by atoms with Crippen LogP contribution < -0.4 is 0 Å². The van der Waals surface area contributed by atoms with E-state index in [1.54, 1.807) is 0 Å². The summed E-state index contributed by atoms with van der Waals surface area (Å²) in [7, 11) is 0. The molecule has 0 unspecified atom stereocenters. The lowest BCUT2D eigenvalue weighted by molar-refractivity contribution is 0.322. The third-order valence-electron chi connectivity index (χ3n) is 5.24. The fraction of sp³-hybridized carbons (Fsp3) is 0.913. The first kappa shape index (κ1) is 25.0. The third-order valence-corrected chi connectivity index (χ3v) is 5.24. The molecule has 140 valence electrons. The molecule has 0 saturated heterocycles. The molecule has 0 rings (SSSR count). The predicted molar refractivity (Wildman–Crippen MR) is 110 cm³/mol. The molecule has 0 fully saturated rings. The topological polar surface area (TPSA) is 0 Å². The van der Waals surface area contributed by atoms with Crippen molar-refractivity contribution in [1.82, 2.24) is 0 Å². The Hall–Kier alpha value is -0.260. The van der Waals surface area contributed by atoms with Crippen molar-refractivity contribution in [2.24, 2.45) is 23.2 Å². The molecule has 0 radical (unpaired) electrons. The van der Waals surface area contributed by atoms with Gasteiger partial charge in [-0.2, -0.15) is 0 Å². The van der Waals surface area contributed by atoms with Gasteiger partial charge < -0.3 is 0 Å². The second-order valence-electron chi connectivity index (χ2n) is 8.40. The van der Waals surface area contributed by atoms with Crippen LogP contribution in [0, 0.1) is 23.2 Å². The highest BCUT2D eigenvalue weighted by Crippen LogP contribution is 2.26. The zero-order valence-electron chi connectivity index (χ0n) is 18.0. The van der Waals surface area contributed by atoms with E-state index in [1.807, 2.05) is 13.8 Å². The molecule has 0 aliphatic carbocycles. The fourth-order valence-corrected chi connectivity index (χ4v) is 2.64. The Morgan fingerprint density at radius 1 is 0.783 bits per heavy atom. The van der Waals surface area contributed by atoms with Gasteiger partial charge in [0.25, 0.3) is 0 Å². The van der Waals surface area contributed by atoms with Gasteiger partial charge in [0.15, 0.2) is 0 Å². The molecule has 0 aromatic carbocycles. The summed E-state index contributed by atoms with van der Waals surface area (Å²) in [6.07, 6.45) is 15.6. The highest BCUT2D eigenvalue weighted by atomic mass is 14.2. The van der Waals surface area contributed by atoms with Crippen LogP contribution in [0.25, 0.3) is 0 Å². The smallest absolute Gasteiger partial charge is 0.0299 e. The lowest BCUT2D eigenvalue weighted by Gasteiger charge is -2.20. The molecule has 23 heavy (non-hydrogen) atoms. The minimum absolute atomic E-state index is 0.481. The van der Waals surface area contributed by atoms with Crippen molar-refractivity contribution in [1.29, 1.82) is 0 Å². The monoisotopic (exact) mass is 324 g/mol. The van der Waals surface area contributed by atoms with E-state index >= 15 is 0 Å². The maximum atomic E-state index is 2.45. The normalized spacial score (nSPS) is 14.7. The largest absolute Gasteiger partial charge is 0.0885 e. The predicted octanol–water partition coefficient (Wildman–Crippen LogP) is 8.66. The molecule has 0 aliphatic heterocycles. The van der Waals surface area contributed by atoms with E-state index in [1.165, 1.54) is 51.4 Å².